The fourth-order valence-corrected chi connectivity index (χ4v) is 2.12. The normalized spacial score (nSPS) is 11.2. The number of rotatable bonds is 5. The summed E-state index contributed by atoms with van der Waals surface area (Å²) in [5, 5.41) is 0. The van der Waals surface area contributed by atoms with Crippen LogP contribution in [0, 0.1) is 5.82 Å². The highest BCUT2D eigenvalue weighted by Gasteiger charge is 2.30. The van der Waals surface area contributed by atoms with Gasteiger partial charge in [-0.1, -0.05) is 24.3 Å². The molecule has 0 saturated heterocycles. The van der Waals surface area contributed by atoms with Crippen LogP contribution in [0.4, 0.5) is 17.6 Å². The van der Waals surface area contributed by atoms with E-state index in [1.54, 1.807) is 13.1 Å². The van der Waals surface area contributed by atoms with Gasteiger partial charge in [-0.3, -0.25) is 4.79 Å². The fourth-order valence-electron chi connectivity index (χ4n) is 2.12. The van der Waals surface area contributed by atoms with E-state index in [0.717, 1.165) is 0 Å². The zero-order chi connectivity index (χ0) is 17.7. The number of carbonyl (C=O) groups is 1. The third-order valence-electron chi connectivity index (χ3n) is 3.25. The Bertz CT molecular complexity index is 698. The average molecular weight is 341 g/mol. The molecule has 24 heavy (non-hydrogen) atoms. The highest BCUT2D eigenvalue weighted by Crippen LogP contribution is 2.23. The van der Waals surface area contributed by atoms with Crippen molar-refractivity contribution in [2.24, 2.45) is 0 Å². The van der Waals surface area contributed by atoms with Gasteiger partial charge in [-0.2, -0.15) is 0 Å². The van der Waals surface area contributed by atoms with Gasteiger partial charge in [0.1, 0.15) is 11.6 Å². The van der Waals surface area contributed by atoms with E-state index in [9.17, 15) is 22.4 Å². The molecular weight excluding hydrogens is 326 g/mol. The lowest BCUT2D eigenvalue weighted by Gasteiger charge is -2.18. The third kappa shape index (κ3) is 5.57. The van der Waals surface area contributed by atoms with Gasteiger partial charge in [0, 0.05) is 13.6 Å². The Morgan fingerprint density at radius 2 is 1.75 bits per heavy atom. The van der Waals surface area contributed by atoms with Crippen molar-refractivity contribution in [2.45, 2.75) is 19.3 Å². The highest BCUT2D eigenvalue weighted by molar-refractivity contribution is 5.78. The topological polar surface area (TPSA) is 29.5 Å². The summed E-state index contributed by atoms with van der Waals surface area (Å²) >= 11 is 0. The van der Waals surface area contributed by atoms with Gasteiger partial charge in [0.25, 0.3) is 0 Å². The predicted octanol–water partition coefficient (Wildman–Crippen LogP) is 3.93. The second kappa shape index (κ2) is 7.33. The summed E-state index contributed by atoms with van der Waals surface area (Å²) in [5.74, 6) is -0.959. The number of hydrogen-bond acceptors (Lipinski definition) is 2. The van der Waals surface area contributed by atoms with Crippen molar-refractivity contribution < 1.29 is 27.1 Å². The van der Waals surface area contributed by atoms with Crippen molar-refractivity contribution in [3.05, 3.63) is 65.5 Å². The van der Waals surface area contributed by atoms with Gasteiger partial charge in [-0.05, 0) is 35.4 Å². The first-order valence-electron chi connectivity index (χ1n) is 7.06. The van der Waals surface area contributed by atoms with Crippen LogP contribution < -0.4 is 4.74 Å². The highest BCUT2D eigenvalue weighted by atomic mass is 19.4. The molecule has 0 fully saturated rings. The van der Waals surface area contributed by atoms with Gasteiger partial charge >= 0.3 is 6.36 Å². The molecule has 0 heterocycles. The Kier molecular flexibility index (Phi) is 5.43. The lowest BCUT2D eigenvalue weighted by Crippen LogP contribution is -2.27. The lowest BCUT2D eigenvalue weighted by molar-refractivity contribution is -0.274. The Morgan fingerprint density at radius 3 is 2.33 bits per heavy atom. The minimum Gasteiger partial charge on any atom is -0.406 e. The Morgan fingerprint density at radius 1 is 1.08 bits per heavy atom. The molecule has 7 heteroatoms. The Balaban J connectivity index is 1.93. The Hall–Kier alpha value is -2.57. The quantitative estimate of drug-likeness (QED) is 0.772. The van der Waals surface area contributed by atoms with Crippen LogP contribution >= 0.6 is 0 Å². The fraction of sp³-hybridized carbons (Fsp3) is 0.235. The summed E-state index contributed by atoms with van der Waals surface area (Å²) in [6.07, 6.45) is -4.69. The molecule has 3 nitrogen and oxygen atoms in total. The molecule has 0 saturated carbocycles. The number of alkyl halides is 3. The van der Waals surface area contributed by atoms with E-state index in [-0.39, 0.29) is 24.6 Å². The zero-order valence-corrected chi connectivity index (χ0v) is 12.8. The van der Waals surface area contributed by atoms with Gasteiger partial charge < -0.3 is 9.64 Å². The molecule has 0 aliphatic rings. The molecule has 1 amide bonds. The number of carbonyl (C=O) groups excluding carboxylic acids is 1. The summed E-state index contributed by atoms with van der Waals surface area (Å²) in [6, 6.07) is 11.0. The summed E-state index contributed by atoms with van der Waals surface area (Å²) in [5.41, 5.74) is 1.21. The summed E-state index contributed by atoms with van der Waals surface area (Å²) < 4.78 is 53.2. The van der Waals surface area contributed by atoms with Crippen LogP contribution in [0.15, 0.2) is 48.5 Å². The average Bonchev–Trinajstić information content (AvgIpc) is 2.47. The van der Waals surface area contributed by atoms with Crippen LogP contribution in [0.25, 0.3) is 0 Å². The van der Waals surface area contributed by atoms with E-state index < -0.39 is 12.2 Å². The molecule has 0 radical (unpaired) electrons. The summed E-state index contributed by atoms with van der Waals surface area (Å²) in [6.45, 7) is 0.223. The molecule has 0 aromatic heterocycles. The first-order chi connectivity index (χ1) is 11.2. The van der Waals surface area contributed by atoms with Crippen LogP contribution in [-0.2, 0) is 17.8 Å². The molecule has 0 bridgehead atoms. The number of likely N-dealkylation sites (N-methyl/N-ethyl adjacent to an activating group) is 1. The van der Waals surface area contributed by atoms with Gasteiger partial charge in [0.15, 0.2) is 0 Å². The minimum atomic E-state index is -4.74. The molecule has 0 aliphatic carbocycles. The molecule has 0 unspecified atom stereocenters. The molecule has 0 spiro atoms. The van der Waals surface area contributed by atoms with Crippen LogP contribution in [0.5, 0.6) is 5.75 Å². The van der Waals surface area contributed by atoms with Crippen molar-refractivity contribution in [1.29, 1.82) is 0 Å². The molecule has 0 atom stereocenters. The molecule has 0 N–H and O–H groups in total. The van der Waals surface area contributed by atoms with E-state index in [1.165, 1.54) is 47.4 Å². The Labute approximate surface area is 136 Å². The van der Waals surface area contributed by atoms with Gasteiger partial charge in [0.2, 0.25) is 5.91 Å². The second-order valence-corrected chi connectivity index (χ2v) is 5.25. The molecule has 2 aromatic carbocycles. The third-order valence-corrected chi connectivity index (χ3v) is 3.25. The number of benzene rings is 2. The maximum Gasteiger partial charge on any atom is 0.573 e. The number of amides is 1. The van der Waals surface area contributed by atoms with E-state index in [4.69, 9.17) is 0 Å². The van der Waals surface area contributed by atoms with Gasteiger partial charge in [-0.15, -0.1) is 13.2 Å². The number of ether oxygens (including phenoxy) is 1. The standard InChI is InChI=1S/C17H15F4NO2/c1-22(16(23)10-13-3-2-4-14(18)9-13)11-12-5-7-15(8-6-12)24-17(19,20)21/h2-9H,10-11H2,1H3. The van der Waals surface area contributed by atoms with Crippen LogP contribution in [0.1, 0.15) is 11.1 Å². The van der Waals surface area contributed by atoms with Gasteiger partial charge in [-0.25, -0.2) is 4.39 Å². The van der Waals surface area contributed by atoms with Crippen molar-refractivity contribution in [3.8, 4) is 5.75 Å². The largest absolute Gasteiger partial charge is 0.573 e. The van der Waals surface area contributed by atoms with Crippen molar-refractivity contribution in [3.63, 3.8) is 0 Å². The zero-order valence-electron chi connectivity index (χ0n) is 12.8. The minimum absolute atomic E-state index is 0.0452. The maximum absolute atomic E-state index is 13.1. The first kappa shape index (κ1) is 17.8. The van der Waals surface area contributed by atoms with Crippen LogP contribution in [0.3, 0.4) is 0 Å². The molecule has 128 valence electrons. The van der Waals surface area contributed by atoms with Crippen molar-refractivity contribution in [1.82, 2.24) is 4.90 Å². The van der Waals surface area contributed by atoms with Crippen LogP contribution in [0.2, 0.25) is 0 Å². The summed E-state index contributed by atoms with van der Waals surface area (Å²) in [4.78, 5) is 13.5. The molecule has 2 rings (SSSR count). The maximum atomic E-state index is 13.1. The molecular formula is C17H15F4NO2. The number of halogens is 4. The smallest absolute Gasteiger partial charge is 0.406 e. The van der Waals surface area contributed by atoms with E-state index >= 15 is 0 Å². The van der Waals surface area contributed by atoms with Gasteiger partial charge in [0.05, 0.1) is 6.42 Å². The first-order valence-corrected chi connectivity index (χ1v) is 7.06. The SMILES string of the molecule is CN(Cc1ccc(OC(F)(F)F)cc1)C(=O)Cc1cccc(F)c1. The van der Waals surface area contributed by atoms with Crippen molar-refractivity contribution >= 4 is 5.91 Å². The second-order valence-electron chi connectivity index (χ2n) is 5.25. The molecule has 2 aromatic rings. The van der Waals surface area contributed by atoms with Crippen molar-refractivity contribution in [2.75, 3.05) is 7.05 Å². The lowest BCUT2D eigenvalue weighted by atomic mass is 10.1. The van der Waals surface area contributed by atoms with E-state index in [0.29, 0.717) is 11.1 Å². The molecule has 0 aliphatic heterocycles. The van der Waals surface area contributed by atoms with E-state index in [2.05, 4.69) is 4.74 Å². The number of nitrogens with zero attached hydrogens (tertiary/aromatic N) is 1. The van der Waals surface area contributed by atoms with Crippen LogP contribution in [-0.4, -0.2) is 24.2 Å². The summed E-state index contributed by atoms with van der Waals surface area (Å²) in [7, 11) is 1.57. The number of hydrogen-bond donors (Lipinski definition) is 0. The predicted molar refractivity (Wildman–Crippen MR) is 79.7 cm³/mol. The van der Waals surface area contributed by atoms with E-state index in [1.807, 2.05) is 0 Å². The monoisotopic (exact) mass is 341 g/mol.